The Bertz CT molecular complexity index is 1810. The number of carboxylic acids is 1. The topological polar surface area (TPSA) is 134 Å². The van der Waals surface area contributed by atoms with Crippen LogP contribution in [0.4, 0.5) is 19.0 Å². The van der Waals surface area contributed by atoms with E-state index in [0.717, 1.165) is 34.9 Å². The van der Waals surface area contributed by atoms with Gasteiger partial charge in [0, 0.05) is 37.0 Å². The molecule has 0 spiro atoms. The Hall–Kier alpha value is -4.19. The molecule has 14 heteroatoms. The molecule has 0 bridgehead atoms. The van der Waals surface area contributed by atoms with E-state index in [2.05, 4.69) is 26.2 Å². The van der Waals surface area contributed by atoms with Gasteiger partial charge < -0.3 is 14.6 Å². The first kappa shape index (κ1) is 29.9. The number of fused-ring (bicyclic) bond motifs is 4. The third-order valence-corrected chi connectivity index (χ3v) is 9.87. The van der Waals surface area contributed by atoms with Gasteiger partial charge in [0.1, 0.15) is 6.07 Å². The number of carboxylic acid groups (broad SMARTS) is 1. The maximum atomic E-state index is 14.0. The minimum Gasteiger partial charge on any atom is -0.593 e. The second kappa shape index (κ2) is 11.4. The minimum absolute atomic E-state index is 0.00245. The summed E-state index contributed by atoms with van der Waals surface area (Å²) < 4.78 is 57.0. The molecule has 1 aromatic carbocycles. The number of hydrogen-bond acceptors (Lipinski definition) is 8. The summed E-state index contributed by atoms with van der Waals surface area (Å²) in [6, 6.07) is 10.9. The fourth-order valence-corrected chi connectivity index (χ4v) is 7.63. The molecule has 44 heavy (non-hydrogen) atoms. The van der Waals surface area contributed by atoms with Crippen LogP contribution in [0.15, 0.2) is 47.6 Å². The third kappa shape index (κ3) is 5.36. The molecule has 228 valence electrons. The van der Waals surface area contributed by atoms with Gasteiger partial charge in [-0.1, -0.05) is 18.2 Å². The second-order valence-electron chi connectivity index (χ2n) is 11.2. The summed E-state index contributed by atoms with van der Waals surface area (Å²) >= 11 is -1.61. The van der Waals surface area contributed by atoms with Crippen molar-refractivity contribution in [1.82, 2.24) is 23.9 Å². The van der Waals surface area contributed by atoms with Crippen molar-refractivity contribution in [3.05, 3.63) is 81.9 Å². The van der Waals surface area contributed by atoms with Crippen molar-refractivity contribution >= 4 is 28.8 Å². The highest BCUT2D eigenvalue weighted by atomic mass is 32.2. The van der Waals surface area contributed by atoms with Crippen molar-refractivity contribution < 1.29 is 27.6 Å². The highest BCUT2D eigenvalue weighted by Crippen LogP contribution is 2.38. The van der Waals surface area contributed by atoms with Crippen molar-refractivity contribution in [3.8, 4) is 6.07 Å². The summed E-state index contributed by atoms with van der Waals surface area (Å²) in [6.45, 7) is 5.12. The number of nitriles is 1. The van der Waals surface area contributed by atoms with Gasteiger partial charge in [-0.05, 0) is 60.6 Å². The number of anilines is 1. The maximum Gasteiger partial charge on any atom is 0.452 e. The van der Waals surface area contributed by atoms with E-state index in [1.807, 2.05) is 29.4 Å². The van der Waals surface area contributed by atoms with Gasteiger partial charge in [-0.15, -0.1) is 14.5 Å². The molecule has 6 rings (SSSR count). The molecule has 10 nitrogen and oxygen atoms in total. The fourth-order valence-electron chi connectivity index (χ4n) is 6.23. The van der Waals surface area contributed by atoms with Gasteiger partial charge in [-0.25, -0.2) is 4.98 Å². The summed E-state index contributed by atoms with van der Waals surface area (Å²) in [7, 11) is 0. The normalized spacial score (nSPS) is 19.3. The summed E-state index contributed by atoms with van der Waals surface area (Å²) in [4.78, 5) is 19.2. The number of aryl methyl sites for hydroxylation is 2. The van der Waals surface area contributed by atoms with Crippen LogP contribution >= 0.6 is 0 Å². The van der Waals surface area contributed by atoms with E-state index in [1.54, 1.807) is 13.0 Å². The Morgan fingerprint density at radius 3 is 2.77 bits per heavy atom. The molecular formula is C30H28F3N7O3S. The first-order valence-corrected chi connectivity index (χ1v) is 15.1. The molecule has 3 aromatic heterocycles. The lowest BCUT2D eigenvalue weighted by molar-refractivity contribution is -0.145. The SMILES string of the molecule is Cc1ccc(C(CC(=O)O)c2ccn3c(C(F)(F)F)nnc3c2C)cc1CN1CC2CCCN2c2ncc(C#N)cc2[S+]1[O-]. The molecule has 0 amide bonds. The number of rotatable bonds is 6. The minimum atomic E-state index is -4.70. The largest absolute Gasteiger partial charge is 0.593 e. The molecule has 2 aliphatic rings. The summed E-state index contributed by atoms with van der Waals surface area (Å²) in [5.74, 6) is -2.28. The van der Waals surface area contributed by atoms with Crippen molar-refractivity contribution in [2.45, 2.75) is 62.7 Å². The van der Waals surface area contributed by atoms with Crippen LogP contribution in [-0.2, 0) is 28.9 Å². The van der Waals surface area contributed by atoms with Gasteiger partial charge in [-0.2, -0.15) is 18.4 Å². The Morgan fingerprint density at radius 1 is 1.25 bits per heavy atom. The quantitative estimate of drug-likeness (QED) is 0.302. The Labute approximate surface area is 254 Å². The maximum absolute atomic E-state index is 14.0. The molecule has 3 unspecified atom stereocenters. The van der Waals surface area contributed by atoms with Crippen LogP contribution in [0.2, 0.25) is 0 Å². The second-order valence-corrected chi connectivity index (χ2v) is 12.6. The monoisotopic (exact) mass is 623 g/mol. The number of carbonyl (C=O) groups is 1. The molecule has 0 aliphatic carbocycles. The predicted molar refractivity (Wildman–Crippen MR) is 154 cm³/mol. The van der Waals surface area contributed by atoms with E-state index in [9.17, 15) is 32.9 Å². The number of benzene rings is 1. The zero-order valence-electron chi connectivity index (χ0n) is 23.9. The Balaban J connectivity index is 1.38. The zero-order chi connectivity index (χ0) is 31.3. The molecule has 4 aromatic rings. The number of hydrogen-bond donors (Lipinski definition) is 1. The van der Waals surface area contributed by atoms with Crippen LogP contribution in [0, 0.1) is 25.2 Å². The van der Waals surface area contributed by atoms with Crippen LogP contribution in [0.3, 0.4) is 0 Å². The first-order chi connectivity index (χ1) is 21.0. The summed E-state index contributed by atoms with van der Waals surface area (Å²) in [5.41, 5.74) is 3.67. The van der Waals surface area contributed by atoms with E-state index in [1.165, 1.54) is 18.5 Å². The molecule has 1 fully saturated rings. The average Bonchev–Trinajstić information content (AvgIpc) is 3.62. The molecule has 1 saturated heterocycles. The van der Waals surface area contributed by atoms with Crippen molar-refractivity contribution in [2.75, 3.05) is 18.0 Å². The van der Waals surface area contributed by atoms with Crippen molar-refractivity contribution in [2.24, 2.45) is 0 Å². The van der Waals surface area contributed by atoms with Crippen LogP contribution in [0.25, 0.3) is 5.65 Å². The van der Waals surface area contributed by atoms with Gasteiger partial charge in [-0.3, -0.25) is 9.20 Å². The highest BCUT2D eigenvalue weighted by molar-refractivity contribution is 7.89. The Morgan fingerprint density at radius 2 is 2.05 bits per heavy atom. The first-order valence-electron chi connectivity index (χ1n) is 14.0. The zero-order valence-corrected chi connectivity index (χ0v) is 24.7. The molecular weight excluding hydrogens is 595 g/mol. The summed E-state index contributed by atoms with van der Waals surface area (Å²) in [5, 5.41) is 26.4. The van der Waals surface area contributed by atoms with Crippen LogP contribution < -0.4 is 4.90 Å². The van der Waals surface area contributed by atoms with E-state index in [0.29, 0.717) is 46.1 Å². The van der Waals surface area contributed by atoms with E-state index >= 15 is 0 Å². The number of nitrogens with zero attached hydrogens (tertiary/aromatic N) is 7. The van der Waals surface area contributed by atoms with Crippen molar-refractivity contribution in [1.29, 1.82) is 5.26 Å². The van der Waals surface area contributed by atoms with Crippen molar-refractivity contribution in [3.63, 3.8) is 0 Å². The Kier molecular flexibility index (Phi) is 7.73. The fraction of sp³-hybridized carbons (Fsp3) is 0.367. The predicted octanol–water partition coefficient (Wildman–Crippen LogP) is 4.75. The van der Waals surface area contributed by atoms with Gasteiger partial charge in [0.15, 0.2) is 11.5 Å². The van der Waals surface area contributed by atoms with Crippen LogP contribution in [-0.4, -0.2) is 58.6 Å². The van der Waals surface area contributed by atoms with Gasteiger partial charge >= 0.3 is 12.1 Å². The summed E-state index contributed by atoms with van der Waals surface area (Å²) in [6.07, 6.45) is -0.399. The molecule has 0 saturated carbocycles. The number of aromatic nitrogens is 4. The van der Waals surface area contributed by atoms with Gasteiger partial charge in [0.25, 0.3) is 0 Å². The third-order valence-electron chi connectivity index (χ3n) is 8.45. The number of alkyl halides is 3. The lowest BCUT2D eigenvalue weighted by atomic mass is 9.85. The van der Waals surface area contributed by atoms with E-state index in [4.69, 9.17) is 0 Å². The van der Waals surface area contributed by atoms with E-state index in [-0.39, 0.29) is 18.1 Å². The number of aliphatic carboxylic acids is 1. The highest BCUT2D eigenvalue weighted by Gasteiger charge is 2.41. The number of pyridine rings is 2. The average molecular weight is 624 g/mol. The standard InChI is InChI=1S/C30H28F3N7O3S/c1-17-5-6-20(24(12-26(41)42)23-7-9-40-27(18(23)2)36-37-29(40)30(31,32)33)11-21(17)15-38-16-22-4-3-8-39(22)28-25(44(38)43)10-19(13-34)14-35-28/h5-7,9-11,14,22,24H,3-4,8,12,15-16H2,1-2H3,(H,41,42). The van der Waals surface area contributed by atoms with Gasteiger partial charge in [0.2, 0.25) is 10.7 Å². The molecule has 1 N–H and O–H groups in total. The number of halogens is 3. The van der Waals surface area contributed by atoms with Crippen LogP contribution in [0.5, 0.6) is 0 Å². The lowest BCUT2D eigenvalue weighted by Crippen LogP contribution is -2.39. The molecule has 2 aliphatic heterocycles. The lowest BCUT2D eigenvalue weighted by Gasteiger charge is -2.26. The smallest absolute Gasteiger partial charge is 0.452 e. The molecule has 3 atom stereocenters. The molecule has 0 radical (unpaired) electrons. The van der Waals surface area contributed by atoms with Gasteiger partial charge in [0.05, 0.1) is 36.4 Å². The van der Waals surface area contributed by atoms with E-state index < -0.39 is 35.2 Å². The molecule has 5 heterocycles. The van der Waals surface area contributed by atoms with Crippen LogP contribution in [0.1, 0.15) is 64.4 Å².